The van der Waals surface area contributed by atoms with Gasteiger partial charge >= 0.3 is 0 Å². The Hall–Kier alpha value is -2.23. The van der Waals surface area contributed by atoms with Gasteiger partial charge in [0.1, 0.15) is 40.7 Å². The van der Waals surface area contributed by atoms with E-state index in [4.69, 9.17) is 4.74 Å². The highest BCUT2D eigenvalue weighted by Gasteiger charge is 2.50. The van der Waals surface area contributed by atoms with Gasteiger partial charge in [-0.1, -0.05) is 12.1 Å². The van der Waals surface area contributed by atoms with Crippen molar-refractivity contribution in [3.8, 4) is 11.3 Å². The maximum Gasteiger partial charge on any atom is 0.238 e. The van der Waals surface area contributed by atoms with Crippen LogP contribution in [-0.4, -0.2) is 101 Å². The summed E-state index contributed by atoms with van der Waals surface area (Å²) in [5.41, 5.74) is -2.87. The Balaban J connectivity index is 1.61. The fraction of sp³-hybridized carbons (Fsp3) is 0.609. The van der Waals surface area contributed by atoms with Crippen molar-refractivity contribution in [3.63, 3.8) is 0 Å². The third kappa shape index (κ3) is 5.49. The number of hydrogen-bond acceptors (Lipinski definition) is 9. The van der Waals surface area contributed by atoms with E-state index in [-0.39, 0.29) is 17.2 Å². The molecule has 2 aliphatic heterocycles. The van der Waals surface area contributed by atoms with E-state index in [0.29, 0.717) is 19.0 Å². The van der Waals surface area contributed by atoms with E-state index >= 15 is 0 Å². The molecule has 10 nitrogen and oxygen atoms in total. The molecule has 0 aliphatic carbocycles. The van der Waals surface area contributed by atoms with Gasteiger partial charge in [-0.25, -0.2) is 17.9 Å². The van der Waals surface area contributed by atoms with Crippen molar-refractivity contribution >= 4 is 17.7 Å². The van der Waals surface area contributed by atoms with Crippen LogP contribution in [-0.2, 0) is 9.53 Å². The molecule has 4 N–H and O–H groups in total. The maximum absolute atomic E-state index is 13.7. The van der Waals surface area contributed by atoms with Gasteiger partial charge < -0.3 is 30.1 Å². The number of likely N-dealkylation sites (tertiary alicyclic amines) is 1. The summed E-state index contributed by atoms with van der Waals surface area (Å²) in [5, 5.41) is 49.2. The molecular formula is C23H29F3N4O6S. The predicted molar refractivity (Wildman–Crippen MR) is 126 cm³/mol. The van der Waals surface area contributed by atoms with Gasteiger partial charge in [0, 0.05) is 18.7 Å². The Bertz CT molecular complexity index is 1120. The third-order valence-electron chi connectivity index (χ3n) is 6.46. The van der Waals surface area contributed by atoms with E-state index in [2.05, 4.69) is 10.3 Å². The van der Waals surface area contributed by atoms with E-state index in [1.165, 1.54) is 20.0 Å². The van der Waals surface area contributed by atoms with E-state index < -0.39 is 64.7 Å². The van der Waals surface area contributed by atoms with Crippen molar-refractivity contribution in [2.45, 2.75) is 61.4 Å². The summed E-state index contributed by atoms with van der Waals surface area (Å²) in [6.07, 6.45) is -2.99. The zero-order valence-corrected chi connectivity index (χ0v) is 21.1. The van der Waals surface area contributed by atoms with Crippen LogP contribution < -0.4 is 0 Å². The SMILES string of the molecule is CC1CN(C(=O)[C@@H](S[C@@H]2O[C@H](CO)[C@H](O)[C@H](n3cc(-c4cc(F)c(F)c(F)c4)nn3)[C@H]2O)C(C)(C)O)C1. The highest BCUT2D eigenvalue weighted by molar-refractivity contribution is 8.01. The molecule has 0 unspecified atom stereocenters. The smallest absolute Gasteiger partial charge is 0.238 e. The van der Waals surface area contributed by atoms with Crippen LogP contribution in [0.15, 0.2) is 18.3 Å². The van der Waals surface area contributed by atoms with E-state index in [0.717, 1.165) is 28.6 Å². The Kier molecular flexibility index (Phi) is 7.89. The third-order valence-corrected chi connectivity index (χ3v) is 8.16. The molecule has 2 saturated heterocycles. The van der Waals surface area contributed by atoms with Gasteiger partial charge in [-0.15, -0.1) is 16.9 Å². The van der Waals surface area contributed by atoms with Gasteiger partial charge in [-0.05, 0) is 31.9 Å². The molecular weight excluding hydrogens is 517 g/mol. The molecule has 4 rings (SSSR count). The Morgan fingerprint density at radius 1 is 1.22 bits per heavy atom. The molecule has 2 fully saturated rings. The summed E-state index contributed by atoms with van der Waals surface area (Å²) in [7, 11) is 0. The molecule has 1 amide bonds. The average Bonchev–Trinajstić information content (AvgIpc) is 3.28. The second-order valence-electron chi connectivity index (χ2n) is 10.1. The fourth-order valence-electron chi connectivity index (χ4n) is 4.46. The normalized spacial score (nSPS) is 27.7. The summed E-state index contributed by atoms with van der Waals surface area (Å²) in [4.78, 5) is 14.7. The highest BCUT2D eigenvalue weighted by Crippen LogP contribution is 2.40. The van der Waals surface area contributed by atoms with Crippen LogP contribution in [0.1, 0.15) is 26.8 Å². The number of aliphatic hydroxyl groups is 4. The van der Waals surface area contributed by atoms with Crippen molar-refractivity contribution in [1.29, 1.82) is 0 Å². The molecule has 0 saturated carbocycles. The lowest BCUT2D eigenvalue weighted by Crippen LogP contribution is -2.59. The first-order chi connectivity index (χ1) is 17.3. The van der Waals surface area contributed by atoms with Crippen molar-refractivity contribution in [2.24, 2.45) is 5.92 Å². The number of rotatable bonds is 7. The van der Waals surface area contributed by atoms with Gasteiger partial charge in [0.05, 0.1) is 18.4 Å². The number of ether oxygens (including phenoxy) is 1. The number of aliphatic hydroxyl groups excluding tert-OH is 3. The number of aromatic nitrogens is 3. The summed E-state index contributed by atoms with van der Waals surface area (Å²) >= 11 is 0.858. The van der Waals surface area contributed by atoms with E-state index in [9.17, 15) is 38.4 Å². The Morgan fingerprint density at radius 3 is 2.38 bits per heavy atom. The van der Waals surface area contributed by atoms with Crippen LogP contribution >= 0.6 is 11.8 Å². The molecule has 0 spiro atoms. The van der Waals surface area contributed by atoms with Crippen molar-refractivity contribution in [3.05, 3.63) is 35.8 Å². The van der Waals surface area contributed by atoms with Crippen LogP contribution in [0.5, 0.6) is 0 Å². The number of halogens is 3. The van der Waals surface area contributed by atoms with Crippen LogP contribution in [0.3, 0.4) is 0 Å². The number of carbonyl (C=O) groups is 1. The van der Waals surface area contributed by atoms with E-state index in [1.807, 2.05) is 6.92 Å². The van der Waals surface area contributed by atoms with Gasteiger partial charge in [0.2, 0.25) is 5.91 Å². The molecule has 3 heterocycles. The van der Waals surface area contributed by atoms with Crippen LogP contribution in [0.4, 0.5) is 13.2 Å². The largest absolute Gasteiger partial charge is 0.394 e. The summed E-state index contributed by atoms with van der Waals surface area (Å²) in [6.45, 7) is 5.34. The second kappa shape index (κ2) is 10.5. The van der Waals surface area contributed by atoms with Gasteiger partial charge in [0.25, 0.3) is 0 Å². The molecule has 204 valence electrons. The number of hydrogen-bond donors (Lipinski definition) is 4. The Labute approximate surface area is 215 Å². The first kappa shape index (κ1) is 27.8. The number of carbonyl (C=O) groups excluding carboxylic acids is 1. The van der Waals surface area contributed by atoms with Crippen LogP contribution in [0, 0.1) is 23.4 Å². The molecule has 14 heteroatoms. The molecule has 1 aromatic carbocycles. The number of nitrogens with zero attached hydrogens (tertiary/aromatic N) is 4. The fourth-order valence-corrected chi connectivity index (χ4v) is 5.85. The summed E-state index contributed by atoms with van der Waals surface area (Å²) in [6, 6.07) is 0.214. The summed E-state index contributed by atoms with van der Waals surface area (Å²) < 4.78 is 47.5. The number of benzene rings is 1. The summed E-state index contributed by atoms with van der Waals surface area (Å²) in [5.74, 6) is -4.49. The molecule has 0 bridgehead atoms. The second-order valence-corrected chi connectivity index (χ2v) is 11.3. The molecule has 0 radical (unpaired) electrons. The highest BCUT2D eigenvalue weighted by atomic mass is 32.2. The zero-order valence-electron chi connectivity index (χ0n) is 20.3. The molecule has 1 aromatic heterocycles. The first-order valence-corrected chi connectivity index (χ1v) is 12.6. The van der Waals surface area contributed by atoms with Gasteiger partial charge in [-0.3, -0.25) is 4.79 Å². The van der Waals surface area contributed by atoms with Gasteiger partial charge in [-0.2, -0.15) is 0 Å². The van der Waals surface area contributed by atoms with E-state index in [1.54, 1.807) is 4.90 Å². The van der Waals surface area contributed by atoms with Crippen molar-refractivity contribution < 1.29 is 43.1 Å². The zero-order chi connectivity index (χ0) is 27.2. The minimum atomic E-state index is -1.64. The molecule has 2 aliphatic rings. The average molecular weight is 547 g/mol. The maximum atomic E-state index is 13.7. The minimum absolute atomic E-state index is 0.0649. The van der Waals surface area contributed by atoms with Crippen molar-refractivity contribution in [1.82, 2.24) is 19.9 Å². The lowest BCUT2D eigenvalue weighted by atomic mass is 9.97. The Morgan fingerprint density at radius 2 is 1.84 bits per heavy atom. The molecule has 6 atom stereocenters. The van der Waals surface area contributed by atoms with Gasteiger partial charge in [0.15, 0.2) is 17.5 Å². The topological polar surface area (TPSA) is 141 Å². The quantitative estimate of drug-likeness (QED) is 0.369. The minimum Gasteiger partial charge on any atom is -0.394 e. The van der Waals surface area contributed by atoms with Crippen LogP contribution in [0.25, 0.3) is 11.3 Å². The number of thioether (sulfide) groups is 1. The first-order valence-electron chi connectivity index (χ1n) is 11.7. The standard InChI is InChI=1S/C23H29F3N4O6S/c1-10-6-29(7-10)21(34)20(23(2,3)35)37-22-19(33)17(18(32)15(9-31)36-22)30-8-14(27-28-30)11-4-12(24)16(26)13(25)5-11/h4-5,8,10,15,17-20,22,31-33,35H,6-7,9H2,1-3H3/t15-,17+,18+,19-,20-,22+/m1/s1. The lowest BCUT2D eigenvalue weighted by Gasteiger charge is -2.45. The van der Waals surface area contributed by atoms with Crippen molar-refractivity contribution in [2.75, 3.05) is 19.7 Å². The lowest BCUT2D eigenvalue weighted by molar-refractivity contribution is -0.179. The predicted octanol–water partition coefficient (Wildman–Crippen LogP) is 0.693. The molecule has 2 aromatic rings. The molecule has 37 heavy (non-hydrogen) atoms. The number of amides is 1. The monoisotopic (exact) mass is 546 g/mol. The van der Waals surface area contributed by atoms with Crippen LogP contribution in [0.2, 0.25) is 0 Å².